The van der Waals surface area contributed by atoms with Crippen molar-refractivity contribution >= 4 is 28.3 Å². The Morgan fingerprint density at radius 1 is 0.964 bits per heavy atom. The number of furan rings is 1. The van der Waals surface area contributed by atoms with E-state index in [-0.39, 0.29) is 18.2 Å². The minimum atomic E-state index is -0.182. The molecule has 138 valence electrons. The van der Waals surface area contributed by atoms with Crippen LogP contribution in [0.2, 0.25) is 0 Å². The lowest BCUT2D eigenvalue weighted by atomic mass is 10.1. The van der Waals surface area contributed by atoms with Gasteiger partial charge in [0.1, 0.15) is 6.54 Å². The van der Waals surface area contributed by atoms with Crippen molar-refractivity contribution in [2.45, 2.75) is 13.0 Å². The van der Waals surface area contributed by atoms with Gasteiger partial charge in [0.15, 0.2) is 5.76 Å². The van der Waals surface area contributed by atoms with Gasteiger partial charge in [0.05, 0.1) is 11.8 Å². The summed E-state index contributed by atoms with van der Waals surface area (Å²) in [5, 5.41) is 0.818. The normalized spacial score (nSPS) is 13.1. The highest BCUT2D eigenvalue weighted by Gasteiger charge is 2.25. The lowest BCUT2D eigenvalue weighted by Crippen LogP contribution is -2.32. The van der Waals surface area contributed by atoms with Crippen molar-refractivity contribution in [2.24, 2.45) is 0 Å². The van der Waals surface area contributed by atoms with E-state index in [1.54, 1.807) is 18.3 Å². The minimum absolute atomic E-state index is 0.0164. The van der Waals surface area contributed by atoms with Gasteiger partial charge in [0.25, 0.3) is 0 Å². The number of benzene rings is 2. The minimum Gasteiger partial charge on any atom is -0.461 e. The van der Waals surface area contributed by atoms with Crippen molar-refractivity contribution in [1.82, 2.24) is 4.57 Å². The molecular formula is C23H18N2O3. The third-order valence-corrected chi connectivity index (χ3v) is 5.27. The van der Waals surface area contributed by atoms with E-state index >= 15 is 0 Å². The van der Waals surface area contributed by atoms with Crippen LogP contribution in [-0.4, -0.2) is 22.8 Å². The molecule has 0 bridgehead atoms. The Hall–Kier alpha value is -3.60. The molecule has 1 aliphatic heterocycles. The number of carbonyl (C=O) groups excluding carboxylic acids is 2. The summed E-state index contributed by atoms with van der Waals surface area (Å²) in [4.78, 5) is 27.7. The standard InChI is InChI=1S/C23H18N2O3/c26-22(25-12-11-16-6-1-3-8-19(16)25)15-24-14-18(17-7-2-4-9-20(17)24)23(27)21-10-5-13-28-21/h1-10,13-14H,11-12,15H2. The number of ketones is 1. The predicted octanol–water partition coefficient (Wildman–Crippen LogP) is 4.05. The van der Waals surface area contributed by atoms with E-state index in [0.29, 0.717) is 17.9 Å². The van der Waals surface area contributed by atoms with Gasteiger partial charge >= 0.3 is 0 Å². The first-order valence-electron chi connectivity index (χ1n) is 9.27. The number of hydrogen-bond donors (Lipinski definition) is 0. The smallest absolute Gasteiger partial charge is 0.246 e. The number of para-hydroxylation sites is 2. The maximum absolute atomic E-state index is 13.0. The Balaban J connectivity index is 1.50. The molecule has 0 fully saturated rings. The first-order valence-corrected chi connectivity index (χ1v) is 9.27. The van der Waals surface area contributed by atoms with Crippen LogP contribution in [0.25, 0.3) is 10.9 Å². The van der Waals surface area contributed by atoms with Crippen LogP contribution in [0.4, 0.5) is 5.69 Å². The summed E-state index contributed by atoms with van der Waals surface area (Å²) < 4.78 is 7.13. The van der Waals surface area contributed by atoms with E-state index in [2.05, 4.69) is 6.07 Å². The molecule has 0 unspecified atom stereocenters. The van der Waals surface area contributed by atoms with E-state index in [0.717, 1.165) is 23.0 Å². The number of nitrogens with zero attached hydrogens (tertiary/aromatic N) is 2. The molecule has 0 N–H and O–H groups in total. The number of anilines is 1. The van der Waals surface area contributed by atoms with E-state index in [1.165, 1.54) is 11.8 Å². The predicted molar refractivity (Wildman–Crippen MR) is 107 cm³/mol. The highest BCUT2D eigenvalue weighted by molar-refractivity contribution is 6.15. The molecule has 0 spiro atoms. The van der Waals surface area contributed by atoms with Crippen LogP contribution in [0.3, 0.4) is 0 Å². The molecule has 0 atom stereocenters. The monoisotopic (exact) mass is 370 g/mol. The topological polar surface area (TPSA) is 55.5 Å². The Kier molecular flexibility index (Phi) is 3.86. The molecule has 28 heavy (non-hydrogen) atoms. The average molecular weight is 370 g/mol. The summed E-state index contributed by atoms with van der Waals surface area (Å²) >= 11 is 0. The number of aromatic nitrogens is 1. The van der Waals surface area contributed by atoms with E-state index in [9.17, 15) is 9.59 Å². The zero-order valence-corrected chi connectivity index (χ0v) is 15.2. The fourth-order valence-corrected chi connectivity index (χ4v) is 3.93. The molecular weight excluding hydrogens is 352 g/mol. The fraction of sp³-hybridized carbons (Fsp3) is 0.130. The molecule has 1 amide bonds. The maximum Gasteiger partial charge on any atom is 0.246 e. The first-order chi connectivity index (χ1) is 13.7. The molecule has 2 aromatic carbocycles. The second kappa shape index (κ2) is 6.53. The summed E-state index contributed by atoms with van der Waals surface area (Å²) in [6.07, 6.45) is 4.12. The summed E-state index contributed by atoms with van der Waals surface area (Å²) in [5.74, 6) is 0.129. The molecule has 0 saturated heterocycles. The van der Waals surface area contributed by atoms with Crippen molar-refractivity contribution in [2.75, 3.05) is 11.4 Å². The van der Waals surface area contributed by atoms with Crippen molar-refractivity contribution in [3.8, 4) is 0 Å². The van der Waals surface area contributed by atoms with Gasteiger partial charge in [0, 0.05) is 29.3 Å². The summed E-state index contributed by atoms with van der Waals surface area (Å²) in [5.41, 5.74) is 3.58. The molecule has 0 saturated carbocycles. The first kappa shape index (κ1) is 16.6. The molecule has 5 heteroatoms. The summed E-state index contributed by atoms with van der Waals surface area (Å²) in [6, 6.07) is 19.0. The molecule has 5 nitrogen and oxygen atoms in total. The van der Waals surface area contributed by atoms with Crippen LogP contribution in [-0.2, 0) is 17.8 Å². The number of fused-ring (bicyclic) bond motifs is 2. The zero-order valence-electron chi connectivity index (χ0n) is 15.2. The third kappa shape index (κ3) is 2.63. The van der Waals surface area contributed by atoms with Gasteiger partial charge in [-0.1, -0.05) is 36.4 Å². The Morgan fingerprint density at radius 2 is 1.79 bits per heavy atom. The van der Waals surface area contributed by atoms with Crippen LogP contribution in [0, 0.1) is 0 Å². The van der Waals surface area contributed by atoms with Gasteiger partial charge in [-0.15, -0.1) is 0 Å². The number of rotatable bonds is 4. The molecule has 2 aromatic heterocycles. The van der Waals surface area contributed by atoms with Gasteiger partial charge in [-0.2, -0.15) is 0 Å². The fourth-order valence-electron chi connectivity index (χ4n) is 3.93. The second-order valence-electron chi connectivity index (χ2n) is 6.92. The van der Waals surface area contributed by atoms with Gasteiger partial charge in [-0.25, -0.2) is 0 Å². The van der Waals surface area contributed by atoms with Gasteiger partial charge in [-0.05, 0) is 36.2 Å². The Labute approximate surface area is 161 Å². The van der Waals surface area contributed by atoms with Gasteiger partial charge in [-0.3, -0.25) is 9.59 Å². The van der Waals surface area contributed by atoms with Gasteiger partial charge < -0.3 is 13.9 Å². The summed E-state index contributed by atoms with van der Waals surface area (Å²) in [7, 11) is 0. The molecule has 4 aromatic rings. The van der Waals surface area contributed by atoms with Crippen LogP contribution in [0.5, 0.6) is 0 Å². The van der Waals surface area contributed by atoms with Gasteiger partial charge in [0.2, 0.25) is 11.7 Å². The van der Waals surface area contributed by atoms with Crippen LogP contribution >= 0.6 is 0 Å². The van der Waals surface area contributed by atoms with Crippen molar-refractivity contribution in [1.29, 1.82) is 0 Å². The SMILES string of the molecule is O=C(c1ccco1)c1cn(CC(=O)N2CCc3ccccc32)c2ccccc12. The number of amides is 1. The van der Waals surface area contributed by atoms with Crippen molar-refractivity contribution < 1.29 is 14.0 Å². The molecule has 0 radical (unpaired) electrons. The molecule has 3 heterocycles. The van der Waals surface area contributed by atoms with Crippen LogP contribution in [0.1, 0.15) is 21.7 Å². The summed E-state index contributed by atoms with van der Waals surface area (Å²) in [6.45, 7) is 0.871. The van der Waals surface area contributed by atoms with E-state index in [1.807, 2.05) is 51.9 Å². The number of hydrogen-bond acceptors (Lipinski definition) is 3. The maximum atomic E-state index is 13.0. The highest BCUT2D eigenvalue weighted by atomic mass is 16.3. The lowest BCUT2D eigenvalue weighted by Gasteiger charge is -2.18. The molecule has 1 aliphatic rings. The Morgan fingerprint density at radius 3 is 2.64 bits per heavy atom. The van der Waals surface area contributed by atoms with Crippen LogP contribution in [0.15, 0.2) is 77.5 Å². The Bertz CT molecular complexity index is 1190. The zero-order chi connectivity index (χ0) is 19.1. The van der Waals surface area contributed by atoms with Crippen molar-refractivity contribution in [3.63, 3.8) is 0 Å². The number of carbonyl (C=O) groups is 2. The van der Waals surface area contributed by atoms with E-state index in [4.69, 9.17) is 4.42 Å². The average Bonchev–Trinajstić information content (AvgIpc) is 3.46. The largest absolute Gasteiger partial charge is 0.461 e. The molecule has 0 aliphatic carbocycles. The van der Waals surface area contributed by atoms with Crippen molar-refractivity contribution in [3.05, 3.63) is 90.0 Å². The highest BCUT2D eigenvalue weighted by Crippen LogP contribution is 2.29. The second-order valence-corrected chi connectivity index (χ2v) is 6.92. The quantitative estimate of drug-likeness (QED) is 0.509. The third-order valence-electron chi connectivity index (χ3n) is 5.27. The van der Waals surface area contributed by atoms with E-state index < -0.39 is 0 Å². The molecule has 5 rings (SSSR count). The lowest BCUT2D eigenvalue weighted by molar-refractivity contribution is -0.119. The van der Waals surface area contributed by atoms with Crippen LogP contribution < -0.4 is 4.90 Å².